The van der Waals surface area contributed by atoms with Crippen LogP contribution in [0.5, 0.6) is 5.75 Å². The molecule has 0 saturated heterocycles. The van der Waals surface area contributed by atoms with Crippen molar-refractivity contribution >= 4 is 17.8 Å². The summed E-state index contributed by atoms with van der Waals surface area (Å²) in [6.07, 6.45) is -1.81. The summed E-state index contributed by atoms with van der Waals surface area (Å²) in [5, 5.41) is 32.7. The number of aliphatic carboxylic acids is 1. The van der Waals surface area contributed by atoms with Crippen molar-refractivity contribution in [3.05, 3.63) is 83.2 Å². The lowest BCUT2D eigenvalue weighted by Crippen LogP contribution is -2.40. The Morgan fingerprint density at radius 2 is 1.70 bits per heavy atom. The maximum atomic E-state index is 13.2. The first-order valence-electron chi connectivity index (χ1n) is 9.96. The van der Waals surface area contributed by atoms with Crippen LogP contribution in [-0.2, 0) is 17.9 Å². The number of aliphatic hydroxyl groups excluding tert-OH is 1. The fourth-order valence-electron chi connectivity index (χ4n) is 3.19. The molecule has 0 saturated carbocycles. The molecule has 1 aromatic heterocycles. The van der Waals surface area contributed by atoms with Gasteiger partial charge in [0, 0.05) is 12.6 Å². The van der Waals surface area contributed by atoms with Crippen molar-refractivity contribution < 1.29 is 34.4 Å². The lowest BCUT2D eigenvalue weighted by molar-refractivity contribution is -0.147. The van der Waals surface area contributed by atoms with Crippen LogP contribution in [0.25, 0.3) is 0 Å². The van der Waals surface area contributed by atoms with Gasteiger partial charge in [-0.05, 0) is 23.3 Å². The predicted octanol–water partition coefficient (Wildman–Crippen LogP) is 1.73. The number of carboxylic acids is 2. The van der Waals surface area contributed by atoms with Crippen molar-refractivity contribution in [1.82, 2.24) is 14.7 Å². The Morgan fingerprint density at radius 3 is 2.27 bits per heavy atom. The van der Waals surface area contributed by atoms with Crippen LogP contribution in [-0.4, -0.2) is 67.6 Å². The normalized spacial score (nSPS) is 11.6. The van der Waals surface area contributed by atoms with Crippen LogP contribution in [0.4, 0.5) is 0 Å². The minimum Gasteiger partial charge on any atom is -0.497 e. The largest absolute Gasteiger partial charge is 0.497 e. The van der Waals surface area contributed by atoms with Gasteiger partial charge in [-0.15, -0.1) is 0 Å². The molecular formula is C23H23N3O7. The average molecular weight is 453 g/mol. The first-order valence-corrected chi connectivity index (χ1v) is 9.96. The van der Waals surface area contributed by atoms with E-state index in [1.54, 1.807) is 54.6 Å². The van der Waals surface area contributed by atoms with Gasteiger partial charge < -0.3 is 25.0 Å². The van der Waals surface area contributed by atoms with Gasteiger partial charge in [0.15, 0.2) is 11.8 Å². The summed E-state index contributed by atoms with van der Waals surface area (Å²) in [6.45, 7) is -0.385. The molecule has 3 N–H and O–H groups in total. The highest BCUT2D eigenvalue weighted by Gasteiger charge is 2.27. The number of hydrogen-bond donors (Lipinski definition) is 3. The number of carbonyl (C=O) groups excluding carboxylic acids is 1. The van der Waals surface area contributed by atoms with Gasteiger partial charge in [0.25, 0.3) is 5.91 Å². The van der Waals surface area contributed by atoms with Crippen molar-refractivity contribution in [2.75, 3.05) is 13.7 Å². The number of ether oxygens (including phenoxy) is 1. The fraction of sp³-hybridized carbons (Fsp3) is 0.217. The zero-order valence-electron chi connectivity index (χ0n) is 17.8. The van der Waals surface area contributed by atoms with Gasteiger partial charge in [0.05, 0.1) is 20.2 Å². The summed E-state index contributed by atoms with van der Waals surface area (Å²) in [4.78, 5) is 37.2. The van der Waals surface area contributed by atoms with E-state index in [0.717, 1.165) is 16.5 Å². The molecule has 33 heavy (non-hydrogen) atoms. The molecule has 0 radical (unpaired) electrons. The van der Waals surface area contributed by atoms with Crippen molar-refractivity contribution in [2.24, 2.45) is 0 Å². The summed E-state index contributed by atoms with van der Waals surface area (Å²) in [5.74, 6) is -2.80. The molecule has 172 valence electrons. The molecule has 1 heterocycles. The third-order valence-corrected chi connectivity index (χ3v) is 4.89. The molecule has 2 aromatic carbocycles. The minimum atomic E-state index is -1.81. The van der Waals surface area contributed by atoms with E-state index in [9.17, 15) is 24.6 Å². The zero-order valence-corrected chi connectivity index (χ0v) is 17.8. The Balaban J connectivity index is 1.90. The molecule has 0 spiro atoms. The SMILES string of the molecule is COc1ccc(Cn2nc(C(=O)N(Cc3ccccc3)C[C@@H](O)C(=O)O)cc2C(=O)O)cc1. The van der Waals surface area contributed by atoms with Gasteiger partial charge in [-0.3, -0.25) is 9.48 Å². The molecule has 0 aliphatic rings. The van der Waals surface area contributed by atoms with Crippen molar-refractivity contribution in [1.29, 1.82) is 0 Å². The van der Waals surface area contributed by atoms with Crippen LogP contribution < -0.4 is 4.74 Å². The van der Waals surface area contributed by atoms with Gasteiger partial charge >= 0.3 is 11.9 Å². The second-order valence-corrected chi connectivity index (χ2v) is 7.25. The highest BCUT2D eigenvalue weighted by Crippen LogP contribution is 2.16. The molecule has 10 nitrogen and oxygen atoms in total. The van der Waals surface area contributed by atoms with Crippen LogP contribution in [0, 0.1) is 0 Å². The lowest BCUT2D eigenvalue weighted by atomic mass is 10.2. The standard InChI is InChI=1S/C23H23N3O7/c1-33-17-9-7-16(8-10-17)13-26-19(22(29)30)11-18(24-26)21(28)25(14-20(27)23(31)32)12-15-5-3-2-4-6-15/h2-11,20,27H,12-14H2,1H3,(H,29,30)(H,31,32)/t20-/m1/s1. The molecule has 1 amide bonds. The van der Waals surface area contributed by atoms with E-state index in [-0.39, 0.29) is 24.5 Å². The van der Waals surface area contributed by atoms with Crippen LogP contribution in [0.3, 0.4) is 0 Å². The fourth-order valence-corrected chi connectivity index (χ4v) is 3.19. The molecule has 3 aromatic rings. The summed E-state index contributed by atoms with van der Waals surface area (Å²) < 4.78 is 6.30. The monoisotopic (exact) mass is 453 g/mol. The average Bonchev–Trinajstić information content (AvgIpc) is 3.23. The van der Waals surface area contributed by atoms with Crippen molar-refractivity contribution in [3.8, 4) is 5.75 Å². The lowest BCUT2D eigenvalue weighted by Gasteiger charge is -2.23. The van der Waals surface area contributed by atoms with Crippen LogP contribution in [0.1, 0.15) is 32.1 Å². The smallest absolute Gasteiger partial charge is 0.354 e. The van der Waals surface area contributed by atoms with Crippen LogP contribution >= 0.6 is 0 Å². The van der Waals surface area contributed by atoms with Crippen LogP contribution in [0.2, 0.25) is 0 Å². The van der Waals surface area contributed by atoms with E-state index >= 15 is 0 Å². The maximum Gasteiger partial charge on any atom is 0.354 e. The van der Waals surface area contributed by atoms with Gasteiger partial charge in [0.1, 0.15) is 11.4 Å². The van der Waals surface area contributed by atoms with Gasteiger partial charge in [-0.2, -0.15) is 5.10 Å². The molecule has 0 aliphatic heterocycles. The Kier molecular flexibility index (Phi) is 7.42. The third kappa shape index (κ3) is 5.95. The number of amides is 1. The zero-order chi connectivity index (χ0) is 24.0. The predicted molar refractivity (Wildman–Crippen MR) is 116 cm³/mol. The first kappa shape index (κ1) is 23.5. The maximum absolute atomic E-state index is 13.2. The molecule has 0 aliphatic carbocycles. The number of aromatic carboxylic acids is 1. The van der Waals surface area contributed by atoms with E-state index < -0.39 is 30.5 Å². The number of benzene rings is 2. The number of methoxy groups -OCH3 is 1. The van der Waals surface area contributed by atoms with E-state index in [2.05, 4.69) is 5.10 Å². The van der Waals surface area contributed by atoms with Gasteiger partial charge in [-0.1, -0.05) is 42.5 Å². The Bertz CT molecular complexity index is 1130. The highest BCUT2D eigenvalue weighted by atomic mass is 16.5. The summed E-state index contributed by atoms with van der Waals surface area (Å²) >= 11 is 0. The van der Waals surface area contributed by atoms with Crippen molar-refractivity contribution in [2.45, 2.75) is 19.2 Å². The summed E-state index contributed by atoms with van der Waals surface area (Å²) in [7, 11) is 1.53. The minimum absolute atomic E-state index is 0.0117. The molecule has 0 bridgehead atoms. The van der Waals surface area contributed by atoms with E-state index in [1.807, 2.05) is 0 Å². The molecule has 0 fully saturated rings. The number of carbonyl (C=O) groups is 3. The number of aromatic nitrogens is 2. The van der Waals surface area contributed by atoms with E-state index in [1.165, 1.54) is 11.8 Å². The van der Waals surface area contributed by atoms with Gasteiger partial charge in [-0.25, -0.2) is 9.59 Å². The number of hydrogen-bond acceptors (Lipinski definition) is 6. The molecule has 3 rings (SSSR count). The van der Waals surface area contributed by atoms with E-state index in [4.69, 9.17) is 9.84 Å². The van der Waals surface area contributed by atoms with E-state index in [0.29, 0.717) is 11.3 Å². The number of nitrogens with zero attached hydrogens (tertiary/aromatic N) is 3. The molecule has 10 heteroatoms. The number of carboxylic acid groups (broad SMARTS) is 2. The van der Waals surface area contributed by atoms with Crippen LogP contribution in [0.15, 0.2) is 60.7 Å². The summed E-state index contributed by atoms with van der Waals surface area (Å²) in [6, 6.07) is 16.9. The second kappa shape index (κ2) is 10.4. The topological polar surface area (TPSA) is 142 Å². The molecular weight excluding hydrogens is 430 g/mol. The van der Waals surface area contributed by atoms with Crippen molar-refractivity contribution in [3.63, 3.8) is 0 Å². The third-order valence-electron chi connectivity index (χ3n) is 4.89. The Labute approximate surface area is 189 Å². The summed E-state index contributed by atoms with van der Waals surface area (Å²) in [5.41, 5.74) is 1.07. The number of aliphatic hydroxyl groups is 1. The highest BCUT2D eigenvalue weighted by molar-refractivity contribution is 5.95. The Morgan fingerprint density at radius 1 is 1.03 bits per heavy atom. The molecule has 0 unspecified atom stereocenters. The first-order chi connectivity index (χ1) is 15.8. The van der Waals surface area contributed by atoms with Gasteiger partial charge in [0.2, 0.25) is 0 Å². The Hall–Kier alpha value is -4.18. The number of rotatable bonds is 10. The second-order valence-electron chi connectivity index (χ2n) is 7.25. The quantitative estimate of drug-likeness (QED) is 0.421. The molecule has 1 atom stereocenters.